The van der Waals surface area contributed by atoms with Crippen molar-refractivity contribution in [1.82, 2.24) is 4.90 Å². The molecule has 1 atom stereocenters. The van der Waals surface area contributed by atoms with Crippen LogP contribution in [0, 0.1) is 5.41 Å². The van der Waals surface area contributed by atoms with E-state index in [1.807, 2.05) is 20.8 Å². The van der Waals surface area contributed by atoms with Gasteiger partial charge in [-0.1, -0.05) is 19.0 Å². The number of aliphatic hydroxyl groups is 1. The number of hydrogen-bond acceptors (Lipinski definition) is 4. The molecule has 0 radical (unpaired) electrons. The van der Waals surface area contributed by atoms with Gasteiger partial charge in [0.15, 0.2) is 0 Å². The highest BCUT2D eigenvalue weighted by Gasteiger charge is 2.29. The third kappa shape index (κ3) is 4.46. The van der Waals surface area contributed by atoms with Crippen molar-refractivity contribution in [2.45, 2.75) is 52.1 Å². The highest BCUT2D eigenvalue weighted by molar-refractivity contribution is 5.85. The second kappa shape index (κ2) is 5.89. The van der Waals surface area contributed by atoms with Crippen LogP contribution in [0.3, 0.4) is 0 Å². The Kier molecular flexibility index (Phi) is 4.99. The van der Waals surface area contributed by atoms with Gasteiger partial charge in [-0.2, -0.15) is 0 Å². The van der Waals surface area contributed by atoms with Gasteiger partial charge in [0.05, 0.1) is 5.60 Å². The summed E-state index contributed by atoms with van der Waals surface area (Å²) in [6, 6.07) is 0. The van der Waals surface area contributed by atoms with E-state index in [4.69, 9.17) is 10.9 Å². The summed E-state index contributed by atoms with van der Waals surface area (Å²) in [5.41, 5.74) is 4.85. The number of nitrogens with two attached hydrogens (primary N) is 1. The maximum Gasteiger partial charge on any atom is 0.144 e. The van der Waals surface area contributed by atoms with E-state index in [0.717, 1.165) is 45.3 Å². The Bertz CT molecular complexity index is 301. The lowest BCUT2D eigenvalue weighted by molar-refractivity contribution is -0.0161. The summed E-state index contributed by atoms with van der Waals surface area (Å²) >= 11 is 0. The molecule has 1 unspecified atom stereocenters. The molecule has 5 heteroatoms. The van der Waals surface area contributed by atoms with Gasteiger partial charge in [0, 0.05) is 12.0 Å². The van der Waals surface area contributed by atoms with Crippen molar-refractivity contribution in [2.24, 2.45) is 16.3 Å². The second-order valence-electron chi connectivity index (χ2n) is 6.35. The highest BCUT2D eigenvalue weighted by atomic mass is 16.4. The van der Waals surface area contributed by atoms with Crippen LogP contribution in [0.25, 0.3) is 0 Å². The van der Waals surface area contributed by atoms with Crippen molar-refractivity contribution in [1.29, 1.82) is 0 Å². The maximum atomic E-state index is 10.0. The van der Waals surface area contributed by atoms with Gasteiger partial charge in [0.1, 0.15) is 5.84 Å². The molecule has 0 aliphatic carbocycles. The first-order valence-electron chi connectivity index (χ1n) is 6.70. The molecule has 0 aromatic rings. The van der Waals surface area contributed by atoms with Gasteiger partial charge >= 0.3 is 0 Å². The van der Waals surface area contributed by atoms with E-state index in [-0.39, 0.29) is 11.3 Å². The zero-order valence-corrected chi connectivity index (χ0v) is 11.8. The Morgan fingerprint density at radius 3 is 2.72 bits per heavy atom. The Morgan fingerprint density at radius 2 is 2.17 bits per heavy atom. The number of hydrogen-bond donors (Lipinski definition) is 3. The van der Waals surface area contributed by atoms with Crippen molar-refractivity contribution in [3.63, 3.8) is 0 Å². The van der Waals surface area contributed by atoms with Crippen molar-refractivity contribution < 1.29 is 10.3 Å². The van der Waals surface area contributed by atoms with Crippen LogP contribution in [-0.2, 0) is 0 Å². The molecule has 5 nitrogen and oxygen atoms in total. The zero-order valence-electron chi connectivity index (χ0n) is 11.8. The predicted molar refractivity (Wildman–Crippen MR) is 72.7 cm³/mol. The first-order valence-corrected chi connectivity index (χ1v) is 6.70. The van der Waals surface area contributed by atoms with Crippen LogP contribution in [0.1, 0.15) is 46.5 Å². The van der Waals surface area contributed by atoms with Gasteiger partial charge in [-0.3, -0.25) is 0 Å². The molecule has 1 heterocycles. The minimum Gasteiger partial charge on any atom is -0.409 e. The van der Waals surface area contributed by atoms with Crippen LogP contribution >= 0.6 is 0 Å². The molecule has 18 heavy (non-hydrogen) atoms. The average molecular weight is 257 g/mol. The molecule has 1 fully saturated rings. The number of likely N-dealkylation sites (tertiary alicyclic amines) is 1. The zero-order chi connectivity index (χ0) is 13.8. The number of oxime groups is 1. The van der Waals surface area contributed by atoms with Gasteiger partial charge in [0.25, 0.3) is 0 Å². The maximum absolute atomic E-state index is 10.0. The summed E-state index contributed by atoms with van der Waals surface area (Å²) in [7, 11) is 0. The molecule has 0 aromatic heterocycles. The topological polar surface area (TPSA) is 82.1 Å². The highest BCUT2D eigenvalue weighted by Crippen LogP contribution is 2.24. The predicted octanol–water partition coefficient (Wildman–Crippen LogP) is 1.39. The molecular formula is C13H27N3O2. The van der Waals surface area contributed by atoms with Crippen LogP contribution < -0.4 is 5.73 Å². The molecule has 1 rings (SSSR count). The first-order chi connectivity index (χ1) is 8.27. The fraction of sp³-hybridized carbons (Fsp3) is 0.923. The van der Waals surface area contributed by atoms with E-state index >= 15 is 0 Å². The third-order valence-corrected chi connectivity index (χ3v) is 3.83. The van der Waals surface area contributed by atoms with E-state index < -0.39 is 5.60 Å². The lowest BCUT2D eigenvalue weighted by Gasteiger charge is -2.37. The lowest BCUT2D eigenvalue weighted by Crippen LogP contribution is -2.46. The summed E-state index contributed by atoms with van der Waals surface area (Å²) in [5.74, 6) is 0.285. The normalized spacial score (nSPS) is 27.4. The molecule has 0 spiro atoms. The smallest absolute Gasteiger partial charge is 0.144 e. The molecule has 106 valence electrons. The minimum absolute atomic E-state index is 0.271. The van der Waals surface area contributed by atoms with Crippen molar-refractivity contribution in [2.75, 3.05) is 19.6 Å². The molecule has 4 N–H and O–H groups in total. The summed E-state index contributed by atoms with van der Waals surface area (Å²) in [5, 5.41) is 21.8. The van der Waals surface area contributed by atoms with E-state index in [9.17, 15) is 5.11 Å². The molecule has 1 saturated heterocycles. The number of rotatable bonds is 5. The summed E-state index contributed by atoms with van der Waals surface area (Å²) in [6.45, 7) is 8.62. The van der Waals surface area contributed by atoms with Crippen molar-refractivity contribution in [3.05, 3.63) is 0 Å². The Hall–Kier alpha value is -0.810. The summed E-state index contributed by atoms with van der Waals surface area (Å²) in [6.07, 6.45) is 3.80. The number of nitrogens with zero attached hydrogens (tertiary/aromatic N) is 2. The van der Waals surface area contributed by atoms with Crippen LogP contribution in [-0.4, -0.2) is 46.3 Å². The van der Waals surface area contributed by atoms with Gasteiger partial charge in [-0.05, 0) is 45.7 Å². The Balaban J connectivity index is 2.34. The molecule has 0 bridgehead atoms. The second-order valence-corrected chi connectivity index (χ2v) is 6.35. The molecule has 0 aromatic carbocycles. The minimum atomic E-state index is -0.542. The van der Waals surface area contributed by atoms with Crippen LogP contribution in [0.15, 0.2) is 5.16 Å². The van der Waals surface area contributed by atoms with Crippen molar-refractivity contribution >= 4 is 5.84 Å². The van der Waals surface area contributed by atoms with Gasteiger partial charge in [-0.25, -0.2) is 0 Å². The van der Waals surface area contributed by atoms with E-state index in [2.05, 4.69) is 10.1 Å². The van der Waals surface area contributed by atoms with E-state index in [0.29, 0.717) is 0 Å². The van der Waals surface area contributed by atoms with Crippen LogP contribution in [0.5, 0.6) is 0 Å². The van der Waals surface area contributed by atoms with Gasteiger partial charge < -0.3 is 20.9 Å². The lowest BCUT2D eigenvalue weighted by atomic mass is 9.86. The quantitative estimate of drug-likeness (QED) is 0.301. The Morgan fingerprint density at radius 1 is 1.50 bits per heavy atom. The van der Waals surface area contributed by atoms with Gasteiger partial charge in [0.2, 0.25) is 0 Å². The largest absolute Gasteiger partial charge is 0.409 e. The fourth-order valence-electron chi connectivity index (χ4n) is 2.52. The molecule has 0 amide bonds. The first kappa shape index (κ1) is 15.2. The number of piperidine rings is 1. The van der Waals surface area contributed by atoms with Crippen LogP contribution in [0.4, 0.5) is 0 Å². The average Bonchev–Trinajstić information content (AvgIpc) is 2.26. The SMILES string of the molecule is CC1(O)CCCN(CCCC(C)(C)C(N)=NO)C1. The summed E-state index contributed by atoms with van der Waals surface area (Å²) < 4.78 is 0. The Labute approximate surface area is 110 Å². The molecule has 1 aliphatic heterocycles. The van der Waals surface area contributed by atoms with Crippen LogP contribution in [0.2, 0.25) is 0 Å². The van der Waals surface area contributed by atoms with E-state index in [1.165, 1.54) is 0 Å². The van der Waals surface area contributed by atoms with Gasteiger partial charge in [-0.15, -0.1) is 0 Å². The molecule has 0 saturated carbocycles. The molecule has 1 aliphatic rings. The number of β-amino-alcohol motifs (C(OH)–C–C–N with tert-alkyl or cyclic N) is 1. The monoisotopic (exact) mass is 257 g/mol. The summed E-state index contributed by atoms with van der Waals surface area (Å²) in [4.78, 5) is 2.30. The fourth-order valence-corrected chi connectivity index (χ4v) is 2.52. The molecular weight excluding hydrogens is 230 g/mol. The third-order valence-electron chi connectivity index (χ3n) is 3.83. The number of amidine groups is 1. The van der Waals surface area contributed by atoms with Crippen molar-refractivity contribution in [3.8, 4) is 0 Å². The standard InChI is InChI=1S/C13H27N3O2/c1-12(2,11(14)15-18)6-4-8-16-9-5-7-13(3,17)10-16/h17-18H,4-10H2,1-3H3,(H2,14,15). The van der Waals surface area contributed by atoms with E-state index in [1.54, 1.807) is 0 Å².